The van der Waals surface area contributed by atoms with Gasteiger partial charge in [0, 0.05) is 19.0 Å². The van der Waals surface area contributed by atoms with Gasteiger partial charge in [0.25, 0.3) is 0 Å². The summed E-state index contributed by atoms with van der Waals surface area (Å²) in [5, 5.41) is 18.3. The average molecular weight is 334 g/mol. The number of likely N-dealkylation sites (tertiary alicyclic amines) is 1. The first-order valence-electron chi connectivity index (χ1n) is 8.89. The summed E-state index contributed by atoms with van der Waals surface area (Å²) in [7, 11) is 0. The minimum atomic E-state index is -0.974. The van der Waals surface area contributed by atoms with Crippen LogP contribution in [0.25, 0.3) is 0 Å². The number of piperidine rings is 1. The zero-order chi connectivity index (χ0) is 17.9. The molecule has 3 rings (SSSR count). The highest BCUT2D eigenvalue weighted by molar-refractivity contribution is 5.84. The lowest BCUT2D eigenvalue weighted by molar-refractivity contribution is -0.135. The van der Waals surface area contributed by atoms with Crippen molar-refractivity contribution in [2.24, 2.45) is 16.7 Å². The standard InChI is InChI=1S/C18H30N4O2/c1-16(2)14(17(16,3)4)15(23)21-9-7-12(8-10-21)22-11-13(19-20-22)18(5,6)24/h11-12,14,24H,7-10H2,1-6H3. The maximum atomic E-state index is 12.8. The quantitative estimate of drug-likeness (QED) is 0.921. The maximum Gasteiger partial charge on any atom is 0.226 e. The number of carbonyl (C=O) groups is 1. The number of carbonyl (C=O) groups excluding carboxylic acids is 1. The monoisotopic (exact) mass is 334 g/mol. The molecule has 0 bridgehead atoms. The number of hydrogen-bond donors (Lipinski definition) is 1. The van der Waals surface area contributed by atoms with E-state index in [2.05, 4.69) is 38.0 Å². The number of aromatic nitrogens is 3. The lowest BCUT2D eigenvalue weighted by Crippen LogP contribution is -2.41. The summed E-state index contributed by atoms with van der Waals surface area (Å²) in [4.78, 5) is 14.8. The van der Waals surface area contributed by atoms with Crippen LogP contribution in [0.2, 0.25) is 0 Å². The van der Waals surface area contributed by atoms with Gasteiger partial charge in [0.05, 0.1) is 12.2 Å². The maximum absolute atomic E-state index is 12.8. The molecule has 0 radical (unpaired) electrons. The van der Waals surface area contributed by atoms with Gasteiger partial charge in [0.2, 0.25) is 5.91 Å². The summed E-state index contributed by atoms with van der Waals surface area (Å²) in [6.45, 7) is 13.7. The molecule has 6 heteroatoms. The number of hydrogen-bond acceptors (Lipinski definition) is 4. The van der Waals surface area contributed by atoms with Crippen LogP contribution in [0, 0.1) is 16.7 Å². The molecule has 1 saturated heterocycles. The van der Waals surface area contributed by atoms with Crippen molar-refractivity contribution < 1.29 is 9.90 Å². The van der Waals surface area contributed by atoms with E-state index in [4.69, 9.17) is 0 Å². The summed E-state index contributed by atoms with van der Waals surface area (Å²) < 4.78 is 1.85. The van der Waals surface area contributed by atoms with Crippen LogP contribution in [-0.4, -0.2) is 44.0 Å². The van der Waals surface area contributed by atoms with E-state index in [1.54, 1.807) is 13.8 Å². The Bertz CT molecular complexity index is 620. The normalized spacial score (nSPS) is 24.2. The highest BCUT2D eigenvalue weighted by atomic mass is 16.3. The number of rotatable bonds is 3. The van der Waals surface area contributed by atoms with E-state index >= 15 is 0 Å². The Labute approximate surface area is 144 Å². The summed E-state index contributed by atoms with van der Waals surface area (Å²) in [5.41, 5.74) is -0.205. The van der Waals surface area contributed by atoms with Gasteiger partial charge in [-0.15, -0.1) is 5.10 Å². The highest BCUT2D eigenvalue weighted by Gasteiger charge is 2.68. The fourth-order valence-corrected chi connectivity index (χ4v) is 4.08. The highest BCUT2D eigenvalue weighted by Crippen LogP contribution is 2.68. The van der Waals surface area contributed by atoms with Crippen LogP contribution in [-0.2, 0) is 10.4 Å². The van der Waals surface area contributed by atoms with Crippen molar-refractivity contribution in [2.75, 3.05) is 13.1 Å². The molecule has 1 aliphatic heterocycles. The van der Waals surface area contributed by atoms with Gasteiger partial charge in [0.15, 0.2) is 0 Å². The van der Waals surface area contributed by atoms with Crippen LogP contribution in [0.4, 0.5) is 0 Å². The number of amides is 1. The Morgan fingerprint density at radius 2 is 1.75 bits per heavy atom. The molecule has 1 aliphatic carbocycles. The van der Waals surface area contributed by atoms with E-state index in [0.717, 1.165) is 25.9 Å². The molecule has 2 aliphatic rings. The van der Waals surface area contributed by atoms with E-state index in [-0.39, 0.29) is 22.8 Å². The van der Waals surface area contributed by atoms with Crippen LogP contribution in [0.5, 0.6) is 0 Å². The van der Waals surface area contributed by atoms with E-state index in [1.807, 2.05) is 15.8 Å². The molecule has 0 unspecified atom stereocenters. The predicted octanol–water partition coefficient (Wildman–Crippen LogP) is 2.35. The van der Waals surface area contributed by atoms with Crippen molar-refractivity contribution in [3.63, 3.8) is 0 Å². The molecule has 134 valence electrons. The number of aliphatic hydroxyl groups is 1. The van der Waals surface area contributed by atoms with Crippen LogP contribution in [0.15, 0.2) is 6.20 Å². The zero-order valence-corrected chi connectivity index (χ0v) is 15.7. The molecule has 1 aromatic heterocycles. The first-order valence-corrected chi connectivity index (χ1v) is 8.89. The second-order valence-corrected chi connectivity index (χ2v) is 9.08. The van der Waals surface area contributed by atoms with E-state index in [0.29, 0.717) is 11.6 Å². The summed E-state index contributed by atoms with van der Waals surface area (Å²) >= 11 is 0. The molecule has 1 saturated carbocycles. The number of nitrogens with zero attached hydrogens (tertiary/aromatic N) is 4. The lowest BCUT2D eigenvalue weighted by Gasteiger charge is -2.32. The van der Waals surface area contributed by atoms with Crippen LogP contribution >= 0.6 is 0 Å². The van der Waals surface area contributed by atoms with Gasteiger partial charge in [-0.2, -0.15) is 0 Å². The lowest BCUT2D eigenvalue weighted by atomic mass is 10.0. The van der Waals surface area contributed by atoms with E-state index in [1.165, 1.54) is 0 Å². The predicted molar refractivity (Wildman–Crippen MR) is 91.2 cm³/mol. The third-order valence-corrected chi connectivity index (χ3v) is 6.56. The molecule has 24 heavy (non-hydrogen) atoms. The Balaban J connectivity index is 1.61. The molecule has 2 heterocycles. The van der Waals surface area contributed by atoms with Gasteiger partial charge < -0.3 is 10.0 Å². The SMILES string of the molecule is CC(C)(O)c1cn(C2CCN(C(=O)C3C(C)(C)C3(C)C)CC2)nn1. The minimum Gasteiger partial charge on any atom is -0.384 e. The summed E-state index contributed by atoms with van der Waals surface area (Å²) in [5.74, 6) is 0.439. The molecule has 1 aromatic rings. The Hall–Kier alpha value is -1.43. The fourth-order valence-electron chi connectivity index (χ4n) is 4.08. The minimum absolute atomic E-state index is 0.0917. The topological polar surface area (TPSA) is 71.2 Å². The Morgan fingerprint density at radius 1 is 1.21 bits per heavy atom. The Morgan fingerprint density at radius 3 is 2.17 bits per heavy atom. The van der Waals surface area contributed by atoms with Gasteiger partial charge >= 0.3 is 0 Å². The van der Waals surface area contributed by atoms with Gasteiger partial charge in [-0.05, 0) is 37.5 Å². The largest absolute Gasteiger partial charge is 0.384 e. The first kappa shape index (κ1) is 17.4. The van der Waals surface area contributed by atoms with E-state index in [9.17, 15) is 9.90 Å². The van der Waals surface area contributed by atoms with Crippen molar-refractivity contribution in [1.82, 2.24) is 19.9 Å². The van der Waals surface area contributed by atoms with Crippen LogP contribution in [0.1, 0.15) is 66.1 Å². The smallest absolute Gasteiger partial charge is 0.226 e. The van der Waals surface area contributed by atoms with Crippen molar-refractivity contribution in [1.29, 1.82) is 0 Å². The molecule has 0 spiro atoms. The third kappa shape index (κ3) is 2.65. The molecule has 2 fully saturated rings. The summed E-state index contributed by atoms with van der Waals surface area (Å²) in [6.07, 6.45) is 3.59. The zero-order valence-electron chi connectivity index (χ0n) is 15.7. The summed E-state index contributed by atoms with van der Waals surface area (Å²) in [6, 6.07) is 0.248. The van der Waals surface area contributed by atoms with Crippen molar-refractivity contribution in [3.8, 4) is 0 Å². The van der Waals surface area contributed by atoms with Gasteiger partial charge in [-0.3, -0.25) is 4.79 Å². The van der Waals surface area contributed by atoms with Crippen molar-refractivity contribution in [3.05, 3.63) is 11.9 Å². The fraction of sp³-hybridized carbons (Fsp3) is 0.833. The van der Waals surface area contributed by atoms with Crippen molar-refractivity contribution in [2.45, 2.75) is 66.0 Å². The molecular formula is C18H30N4O2. The Kier molecular flexibility index (Phi) is 3.83. The molecular weight excluding hydrogens is 304 g/mol. The van der Waals surface area contributed by atoms with Crippen LogP contribution < -0.4 is 0 Å². The molecule has 1 N–H and O–H groups in total. The molecule has 0 aromatic carbocycles. The van der Waals surface area contributed by atoms with Gasteiger partial charge in [-0.25, -0.2) is 4.68 Å². The van der Waals surface area contributed by atoms with Crippen molar-refractivity contribution >= 4 is 5.91 Å². The first-order chi connectivity index (χ1) is 11.0. The average Bonchev–Trinajstić information content (AvgIpc) is 2.87. The molecule has 1 amide bonds. The second-order valence-electron chi connectivity index (χ2n) is 9.08. The van der Waals surface area contributed by atoms with Gasteiger partial charge in [0.1, 0.15) is 11.3 Å². The third-order valence-electron chi connectivity index (χ3n) is 6.56. The van der Waals surface area contributed by atoms with Crippen LogP contribution in [0.3, 0.4) is 0 Å². The second kappa shape index (κ2) is 5.28. The van der Waals surface area contributed by atoms with Gasteiger partial charge in [-0.1, -0.05) is 32.9 Å². The molecule has 6 nitrogen and oxygen atoms in total. The van der Waals surface area contributed by atoms with E-state index < -0.39 is 5.60 Å². The molecule has 0 atom stereocenters.